The third kappa shape index (κ3) is 4.22. The summed E-state index contributed by atoms with van der Waals surface area (Å²) in [5.41, 5.74) is 3.41. The Balaban J connectivity index is 1.60. The van der Waals surface area contributed by atoms with E-state index in [2.05, 4.69) is 70.5 Å². The van der Waals surface area contributed by atoms with Crippen LogP contribution in [-0.4, -0.2) is 30.9 Å². The second-order valence-electron chi connectivity index (χ2n) is 8.25. The SMILES string of the molecule is CCCSc1nc2sc3c(c2c2nnc(SCc4ccc(Br)cc4)n12)C[C@](C)(CC)OC3. The summed E-state index contributed by atoms with van der Waals surface area (Å²) in [6, 6.07) is 8.44. The fourth-order valence-corrected chi connectivity index (χ4v) is 7.07. The predicted octanol–water partition coefficient (Wildman–Crippen LogP) is 7.14. The molecule has 4 aromatic rings. The Morgan fingerprint density at radius 2 is 1.97 bits per heavy atom. The number of hydrogen-bond acceptors (Lipinski definition) is 7. The Morgan fingerprint density at radius 1 is 1.16 bits per heavy atom. The minimum atomic E-state index is -0.132. The second kappa shape index (κ2) is 9.25. The first-order valence-electron chi connectivity index (χ1n) is 10.8. The van der Waals surface area contributed by atoms with Gasteiger partial charge in [0.05, 0.1) is 17.6 Å². The second-order valence-corrected chi connectivity index (χ2v) is 12.3. The van der Waals surface area contributed by atoms with Crippen LogP contribution in [-0.2, 0) is 23.5 Å². The molecule has 0 saturated heterocycles. The van der Waals surface area contributed by atoms with Gasteiger partial charge < -0.3 is 4.74 Å². The fourth-order valence-electron chi connectivity index (χ4n) is 3.86. The maximum absolute atomic E-state index is 6.21. The molecule has 3 aromatic heterocycles. The van der Waals surface area contributed by atoms with Gasteiger partial charge in [0.25, 0.3) is 0 Å². The van der Waals surface area contributed by atoms with E-state index >= 15 is 0 Å². The molecule has 1 aliphatic rings. The van der Waals surface area contributed by atoms with Crippen LogP contribution < -0.4 is 0 Å². The van der Waals surface area contributed by atoms with Gasteiger partial charge in [-0.25, -0.2) is 9.38 Å². The van der Waals surface area contributed by atoms with Crippen LogP contribution in [0.3, 0.4) is 0 Å². The fraction of sp³-hybridized carbons (Fsp3) is 0.435. The predicted molar refractivity (Wildman–Crippen MR) is 138 cm³/mol. The standard InChI is InChI=1S/C23H25BrN4OS3/c1-4-10-30-21-25-20-18(16-11-23(3,5-2)29-12-17(16)32-20)19-26-27-22(28(19)21)31-13-14-6-8-15(24)9-7-14/h6-9H,4-5,10-13H2,1-3H3/t23-/m0/s1. The molecule has 9 heteroatoms. The molecule has 0 saturated carbocycles. The quantitative estimate of drug-likeness (QED) is 0.181. The molecule has 0 amide bonds. The summed E-state index contributed by atoms with van der Waals surface area (Å²) < 4.78 is 9.48. The number of halogens is 1. The monoisotopic (exact) mass is 548 g/mol. The van der Waals surface area contributed by atoms with Crippen molar-refractivity contribution in [1.29, 1.82) is 0 Å². The van der Waals surface area contributed by atoms with Crippen molar-refractivity contribution >= 4 is 66.7 Å². The highest BCUT2D eigenvalue weighted by Gasteiger charge is 2.33. The van der Waals surface area contributed by atoms with Crippen LogP contribution in [0.1, 0.15) is 49.6 Å². The first-order chi connectivity index (χ1) is 15.5. The number of hydrogen-bond donors (Lipinski definition) is 0. The van der Waals surface area contributed by atoms with Crippen molar-refractivity contribution in [1.82, 2.24) is 19.6 Å². The minimum Gasteiger partial charge on any atom is -0.369 e. The van der Waals surface area contributed by atoms with Crippen molar-refractivity contribution in [3.8, 4) is 0 Å². The summed E-state index contributed by atoms with van der Waals surface area (Å²) in [6.07, 6.45) is 2.98. The Labute approximate surface area is 208 Å². The molecule has 0 fully saturated rings. The molecule has 5 nitrogen and oxygen atoms in total. The smallest absolute Gasteiger partial charge is 0.198 e. The van der Waals surface area contributed by atoms with Crippen LogP contribution in [0.5, 0.6) is 0 Å². The zero-order valence-electron chi connectivity index (χ0n) is 18.4. The number of aromatic nitrogens is 4. The van der Waals surface area contributed by atoms with Crippen molar-refractivity contribution in [3.63, 3.8) is 0 Å². The molecule has 1 atom stereocenters. The normalized spacial score (nSPS) is 18.5. The Kier molecular flexibility index (Phi) is 6.55. The lowest BCUT2D eigenvalue weighted by Crippen LogP contribution is -2.33. The van der Waals surface area contributed by atoms with Crippen molar-refractivity contribution < 1.29 is 4.74 Å². The zero-order chi connectivity index (χ0) is 22.3. The average molecular weight is 550 g/mol. The third-order valence-electron chi connectivity index (χ3n) is 5.88. The van der Waals surface area contributed by atoms with Crippen LogP contribution in [0.4, 0.5) is 0 Å². The molecule has 0 unspecified atom stereocenters. The Hall–Kier alpha value is -1.13. The lowest BCUT2D eigenvalue weighted by atomic mass is 9.90. The lowest BCUT2D eigenvalue weighted by molar-refractivity contribution is -0.0542. The molecule has 1 aliphatic heterocycles. The summed E-state index contributed by atoms with van der Waals surface area (Å²) in [6.45, 7) is 7.26. The molecule has 0 radical (unpaired) electrons. The number of benzene rings is 1. The molecular weight excluding hydrogens is 524 g/mol. The summed E-state index contributed by atoms with van der Waals surface area (Å²) in [5.74, 6) is 1.86. The Bertz CT molecular complexity index is 1270. The van der Waals surface area contributed by atoms with E-state index in [0.717, 1.165) is 61.4 Å². The van der Waals surface area contributed by atoms with Gasteiger partial charge in [0.1, 0.15) is 4.83 Å². The van der Waals surface area contributed by atoms with E-state index in [0.29, 0.717) is 6.61 Å². The highest BCUT2D eigenvalue weighted by molar-refractivity contribution is 9.10. The van der Waals surface area contributed by atoms with E-state index < -0.39 is 0 Å². The molecule has 1 aromatic carbocycles. The molecule has 0 N–H and O–H groups in total. The average Bonchev–Trinajstić information content (AvgIpc) is 3.38. The molecule has 0 bridgehead atoms. The van der Waals surface area contributed by atoms with Gasteiger partial charge in [0.15, 0.2) is 16.0 Å². The topological polar surface area (TPSA) is 52.3 Å². The number of fused-ring (bicyclic) bond motifs is 5. The van der Waals surface area contributed by atoms with Gasteiger partial charge in [-0.05, 0) is 43.0 Å². The lowest BCUT2D eigenvalue weighted by Gasteiger charge is -2.33. The first kappa shape index (κ1) is 22.7. The van der Waals surface area contributed by atoms with E-state index in [4.69, 9.17) is 14.8 Å². The van der Waals surface area contributed by atoms with Crippen LogP contribution in [0, 0.1) is 0 Å². The van der Waals surface area contributed by atoms with Crippen LogP contribution in [0.2, 0.25) is 0 Å². The van der Waals surface area contributed by atoms with Crippen molar-refractivity contribution in [2.45, 2.75) is 68.3 Å². The van der Waals surface area contributed by atoms with Crippen molar-refractivity contribution in [2.24, 2.45) is 0 Å². The van der Waals surface area contributed by atoms with E-state index in [1.807, 2.05) is 0 Å². The summed E-state index contributed by atoms with van der Waals surface area (Å²) in [5, 5.41) is 12.4. The van der Waals surface area contributed by atoms with Gasteiger partial charge in [0, 0.05) is 27.3 Å². The van der Waals surface area contributed by atoms with Crippen molar-refractivity contribution in [2.75, 3.05) is 5.75 Å². The number of thioether (sulfide) groups is 2. The number of ether oxygens (including phenoxy) is 1. The minimum absolute atomic E-state index is 0.132. The number of rotatable bonds is 7. The zero-order valence-corrected chi connectivity index (χ0v) is 22.4. The maximum Gasteiger partial charge on any atom is 0.198 e. The number of nitrogens with zero attached hydrogens (tertiary/aromatic N) is 4. The van der Waals surface area contributed by atoms with Gasteiger partial charge in [-0.1, -0.05) is 65.4 Å². The van der Waals surface area contributed by atoms with Gasteiger partial charge in [-0.3, -0.25) is 0 Å². The van der Waals surface area contributed by atoms with Crippen LogP contribution in [0.25, 0.3) is 15.9 Å². The molecular formula is C23H25BrN4OS3. The largest absolute Gasteiger partial charge is 0.369 e. The highest BCUT2D eigenvalue weighted by atomic mass is 79.9. The summed E-state index contributed by atoms with van der Waals surface area (Å²) in [7, 11) is 0. The molecule has 168 valence electrons. The van der Waals surface area contributed by atoms with Gasteiger partial charge in [0.2, 0.25) is 0 Å². The first-order valence-corrected chi connectivity index (χ1v) is 14.4. The third-order valence-corrected chi connectivity index (χ3v) is 9.66. The molecule has 4 heterocycles. The summed E-state index contributed by atoms with van der Waals surface area (Å²) >= 11 is 8.76. The molecule has 0 aliphatic carbocycles. The van der Waals surface area contributed by atoms with Crippen molar-refractivity contribution in [3.05, 3.63) is 44.7 Å². The number of thiophene rings is 1. The van der Waals surface area contributed by atoms with E-state index in [1.165, 1.54) is 16.0 Å². The molecule has 32 heavy (non-hydrogen) atoms. The maximum atomic E-state index is 6.21. The van der Waals surface area contributed by atoms with Gasteiger partial charge >= 0.3 is 0 Å². The molecule has 0 spiro atoms. The van der Waals surface area contributed by atoms with Gasteiger partial charge in [-0.2, -0.15) is 0 Å². The highest BCUT2D eigenvalue weighted by Crippen LogP contribution is 2.42. The Morgan fingerprint density at radius 3 is 2.72 bits per heavy atom. The van der Waals surface area contributed by atoms with Crippen LogP contribution in [0.15, 0.2) is 39.1 Å². The van der Waals surface area contributed by atoms with Gasteiger partial charge in [-0.15, -0.1) is 21.5 Å². The van der Waals surface area contributed by atoms with E-state index in [9.17, 15) is 0 Å². The molecule has 5 rings (SSSR count). The van der Waals surface area contributed by atoms with E-state index in [-0.39, 0.29) is 5.60 Å². The summed E-state index contributed by atoms with van der Waals surface area (Å²) in [4.78, 5) is 7.45. The van der Waals surface area contributed by atoms with E-state index in [1.54, 1.807) is 34.9 Å². The van der Waals surface area contributed by atoms with Crippen LogP contribution >= 0.6 is 50.8 Å².